The topological polar surface area (TPSA) is 83.2 Å². The van der Waals surface area contributed by atoms with Gasteiger partial charge in [0.05, 0.1) is 38.4 Å². The lowest BCUT2D eigenvalue weighted by molar-refractivity contribution is -0.136. The Hall–Kier alpha value is -2.95. The molecule has 3 heterocycles. The number of aromatic nitrogens is 2. The van der Waals surface area contributed by atoms with Gasteiger partial charge >= 0.3 is 0 Å². The monoisotopic (exact) mass is 539 g/mol. The van der Waals surface area contributed by atoms with E-state index in [-0.39, 0.29) is 17.2 Å². The predicted octanol–water partition coefficient (Wildman–Crippen LogP) is 3.49. The number of hydrogen-bond acceptors (Lipinski definition) is 8. The normalized spacial score (nSPS) is 21.0. The summed E-state index contributed by atoms with van der Waals surface area (Å²) < 4.78 is 16.9. The number of likely N-dealkylation sites (N-methyl/N-ethyl adjacent to an activating group) is 1. The Morgan fingerprint density at radius 3 is 2.61 bits per heavy atom. The van der Waals surface area contributed by atoms with Crippen molar-refractivity contribution < 1.29 is 19.0 Å². The van der Waals surface area contributed by atoms with Crippen molar-refractivity contribution in [1.29, 1.82) is 0 Å². The van der Waals surface area contributed by atoms with E-state index in [1.807, 2.05) is 36.4 Å². The number of hydrogen-bond donors (Lipinski definition) is 1. The van der Waals surface area contributed by atoms with Gasteiger partial charge in [-0.15, -0.1) is 0 Å². The molecular formula is C28H37N5O4S. The van der Waals surface area contributed by atoms with E-state index in [1.54, 1.807) is 33.1 Å². The van der Waals surface area contributed by atoms with Crippen LogP contribution in [0.5, 0.6) is 17.2 Å². The van der Waals surface area contributed by atoms with Crippen LogP contribution in [0.4, 0.5) is 0 Å². The number of thioether (sulfide) groups is 1. The molecule has 3 aromatic rings. The SMILES string of the molecule is COc1ccc(CN2C[C@H](Sc3nc4ccccc4[nH]3)C[C@H]2C(=O)N2CCCN(C)CC2)c(OC)c1OC. The van der Waals surface area contributed by atoms with Crippen LogP contribution in [-0.2, 0) is 11.3 Å². The highest BCUT2D eigenvalue weighted by molar-refractivity contribution is 7.99. The molecule has 1 N–H and O–H groups in total. The van der Waals surface area contributed by atoms with Crippen LogP contribution in [0.25, 0.3) is 11.0 Å². The lowest BCUT2D eigenvalue weighted by Crippen LogP contribution is -2.46. The number of nitrogens with one attached hydrogen (secondary N) is 1. The van der Waals surface area contributed by atoms with Crippen molar-refractivity contribution >= 4 is 28.7 Å². The van der Waals surface area contributed by atoms with Crippen LogP contribution in [0.2, 0.25) is 0 Å². The van der Waals surface area contributed by atoms with Crippen molar-refractivity contribution in [1.82, 2.24) is 24.7 Å². The number of carbonyl (C=O) groups is 1. The zero-order valence-electron chi connectivity index (χ0n) is 22.6. The van der Waals surface area contributed by atoms with E-state index in [1.165, 1.54) is 0 Å². The lowest BCUT2D eigenvalue weighted by atomic mass is 10.1. The fourth-order valence-corrected chi connectivity index (χ4v) is 6.69. The fourth-order valence-electron chi connectivity index (χ4n) is 5.51. The summed E-state index contributed by atoms with van der Waals surface area (Å²) in [5.41, 5.74) is 2.95. The van der Waals surface area contributed by atoms with Gasteiger partial charge in [-0.05, 0) is 44.6 Å². The Balaban J connectivity index is 1.40. The Kier molecular flexibility index (Phi) is 8.30. The molecule has 2 aliphatic rings. The van der Waals surface area contributed by atoms with Crippen LogP contribution < -0.4 is 14.2 Å². The molecule has 2 aromatic carbocycles. The van der Waals surface area contributed by atoms with Crippen molar-refractivity contribution in [3.63, 3.8) is 0 Å². The summed E-state index contributed by atoms with van der Waals surface area (Å²) in [7, 11) is 6.99. The number of imidazole rings is 1. The Bertz CT molecular complexity index is 1230. The van der Waals surface area contributed by atoms with E-state index >= 15 is 0 Å². The maximum absolute atomic E-state index is 13.9. The average Bonchev–Trinajstić information content (AvgIpc) is 3.45. The van der Waals surface area contributed by atoms with Gasteiger partial charge in [-0.2, -0.15) is 0 Å². The number of carbonyl (C=O) groups excluding carboxylic acids is 1. The number of methoxy groups -OCH3 is 3. The highest BCUT2D eigenvalue weighted by Crippen LogP contribution is 2.42. The quantitative estimate of drug-likeness (QED) is 0.466. The molecule has 9 nitrogen and oxygen atoms in total. The number of ether oxygens (including phenoxy) is 3. The largest absolute Gasteiger partial charge is 0.493 e. The average molecular weight is 540 g/mol. The molecule has 0 radical (unpaired) electrons. The summed E-state index contributed by atoms with van der Waals surface area (Å²) >= 11 is 1.72. The minimum absolute atomic E-state index is 0.210. The molecular weight excluding hydrogens is 502 g/mol. The molecule has 0 unspecified atom stereocenters. The molecule has 2 aliphatic heterocycles. The fraction of sp³-hybridized carbons (Fsp3) is 0.500. The minimum Gasteiger partial charge on any atom is -0.493 e. The van der Waals surface area contributed by atoms with Crippen LogP contribution >= 0.6 is 11.8 Å². The Labute approximate surface area is 228 Å². The third-order valence-corrected chi connectivity index (χ3v) is 8.58. The first-order valence-corrected chi connectivity index (χ1v) is 14.0. The predicted molar refractivity (Wildman–Crippen MR) is 149 cm³/mol. The van der Waals surface area contributed by atoms with Gasteiger partial charge in [-0.25, -0.2) is 4.98 Å². The first-order chi connectivity index (χ1) is 18.5. The van der Waals surface area contributed by atoms with Gasteiger partial charge < -0.3 is 29.0 Å². The van der Waals surface area contributed by atoms with Crippen LogP contribution in [0.3, 0.4) is 0 Å². The molecule has 0 saturated carbocycles. The summed E-state index contributed by atoms with van der Waals surface area (Å²) in [6.45, 7) is 4.83. The summed E-state index contributed by atoms with van der Waals surface area (Å²) in [4.78, 5) is 28.8. The lowest BCUT2D eigenvalue weighted by Gasteiger charge is -2.30. The standard InChI is InChI=1S/C28H37N5O4S/c1-31-12-7-13-32(15-14-31)27(34)23-16-20(38-28-29-21-8-5-6-9-22(21)30-28)18-33(23)17-19-10-11-24(35-2)26(37-4)25(19)36-3/h5-6,8-11,20,23H,7,12-18H2,1-4H3,(H,29,30)/t20-,23+/m1/s1. The van der Waals surface area contributed by atoms with E-state index in [2.05, 4.69) is 26.7 Å². The van der Waals surface area contributed by atoms with Crippen molar-refractivity contribution in [2.24, 2.45) is 0 Å². The zero-order valence-corrected chi connectivity index (χ0v) is 23.4. The number of nitrogens with zero attached hydrogens (tertiary/aromatic N) is 4. The van der Waals surface area contributed by atoms with Crippen molar-refractivity contribution in [3.05, 3.63) is 42.0 Å². The summed E-state index contributed by atoms with van der Waals surface area (Å²) in [5, 5.41) is 1.12. The molecule has 38 heavy (non-hydrogen) atoms. The first-order valence-electron chi connectivity index (χ1n) is 13.1. The number of amides is 1. The van der Waals surface area contributed by atoms with E-state index in [9.17, 15) is 4.79 Å². The number of fused-ring (bicyclic) bond motifs is 1. The first kappa shape index (κ1) is 26.6. The summed E-state index contributed by atoms with van der Waals surface area (Å²) in [6, 6.07) is 11.8. The molecule has 2 saturated heterocycles. The second-order valence-electron chi connectivity index (χ2n) is 9.96. The van der Waals surface area contributed by atoms with Gasteiger partial charge in [-0.1, -0.05) is 30.0 Å². The molecule has 0 aliphatic carbocycles. The molecule has 1 aromatic heterocycles. The Morgan fingerprint density at radius 1 is 1.03 bits per heavy atom. The summed E-state index contributed by atoms with van der Waals surface area (Å²) in [5.74, 6) is 2.04. The van der Waals surface area contributed by atoms with Gasteiger partial charge in [0, 0.05) is 43.5 Å². The number of aromatic amines is 1. The van der Waals surface area contributed by atoms with E-state index in [0.29, 0.717) is 23.8 Å². The highest BCUT2D eigenvalue weighted by atomic mass is 32.2. The van der Waals surface area contributed by atoms with E-state index in [4.69, 9.17) is 19.2 Å². The second-order valence-corrected chi connectivity index (χ2v) is 11.2. The van der Waals surface area contributed by atoms with E-state index in [0.717, 1.165) is 67.3 Å². The molecule has 0 bridgehead atoms. The summed E-state index contributed by atoms with van der Waals surface area (Å²) in [6.07, 6.45) is 1.76. The molecule has 2 atom stereocenters. The number of likely N-dealkylation sites (tertiary alicyclic amines) is 1. The number of para-hydroxylation sites is 2. The second kappa shape index (κ2) is 11.8. The van der Waals surface area contributed by atoms with Gasteiger partial charge in [0.2, 0.25) is 11.7 Å². The zero-order chi connectivity index (χ0) is 26.6. The van der Waals surface area contributed by atoms with Gasteiger partial charge in [0.1, 0.15) is 0 Å². The molecule has 204 valence electrons. The third-order valence-electron chi connectivity index (χ3n) is 7.49. The molecule has 10 heteroatoms. The minimum atomic E-state index is -0.210. The van der Waals surface area contributed by atoms with Crippen LogP contribution in [0.15, 0.2) is 41.6 Å². The van der Waals surface area contributed by atoms with E-state index < -0.39 is 0 Å². The number of H-pyrrole nitrogens is 1. The van der Waals surface area contributed by atoms with Crippen LogP contribution in [0.1, 0.15) is 18.4 Å². The van der Waals surface area contributed by atoms with Gasteiger partial charge in [0.25, 0.3) is 0 Å². The maximum Gasteiger partial charge on any atom is 0.240 e. The smallest absolute Gasteiger partial charge is 0.240 e. The highest BCUT2D eigenvalue weighted by Gasteiger charge is 2.40. The maximum atomic E-state index is 13.9. The molecule has 1 amide bonds. The number of rotatable bonds is 8. The Morgan fingerprint density at radius 2 is 1.84 bits per heavy atom. The van der Waals surface area contributed by atoms with Crippen LogP contribution in [-0.4, -0.2) is 103 Å². The van der Waals surface area contributed by atoms with Crippen molar-refractivity contribution in [3.8, 4) is 17.2 Å². The number of benzene rings is 2. The molecule has 0 spiro atoms. The van der Waals surface area contributed by atoms with Gasteiger partial charge in [-0.3, -0.25) is 9.69 Å². The molecule has 2 fully saturated rings. The van der Waals surface area contributed by atoms with Crippen molar-refractivity contribution in [2.45, 2.75) is 35.8 Å². The van der Waals surface area contributed by atoms with Crippen LogP contribution in [0, 0.1) is 0 Å². The molecule has 5 rings (SSSR count). The van der Waals surface area contributed by atoms with Gasteiger partial charge in [0.15, 0.2) is 16.7 Å². The van der Waals surface area contributed by atoms with Crippen molar-refractivity contribution in [2.75, 3.05) is 61.1 Å². The third kappa shape index (κ3) is 5.57.